The van der Waals surface area contributed by atoms with Gasteiger partial charge in [-0.1, -0.05) is 30.7 Å². The molecule has 8 heteroatoms. The number of benzene rings is 3. The Labute approximate surface area is 206 Å². The van der Waals surface area contributed by atoms with Crippen LogP contribution in [0, 0.1) is 20.8 Å². The molecule has 3 aromatic carbocycles. The maximum Gasteiger partial charge on any atom is 0.247 e. The molecule has 0 saturated carbocycles. The van der Waals surface area contributed by atoms with E-state index in [1.807, 2.05) is 13.0 Å². The van der Waals surface area contributed by atoms with Crippen LogP contribution < -0.4 is 5.32 Å². The summed E-state index contributed by atoms with van der Waals surface area (Å²) in [4.78, 5) is 4.96. The van der Waals surface area contributed by atoms with Gasteiger partial charge < -0.3 is 5.32 Å². The van der Waals surface area contributed by atoms with Gasteiger partial charge >= 0.3 is 0 Å². The second-order valence-electron chi connectivity index (χ2n) is 9.18. The molecule has 0 aliphatic carbocycles. The summed E-state index contributed by atoms with van der Waals surface area (Å²) in [6, 6.07) is 17.2. The van der Waals surface area contributed by atoms with Crippen molar-refractivity contribution in [2.45, 2.75) is 44.9 Å². The van der Waals surface area contributed by atoms with E-state index in [1.54, 1.807) is 28.6 Å². The highest BCUT2D eigenvalue weighted by molar-refractivity contribution is 7.89. The highest BCUT2D eigenvalue weighted by atomic mass is 32.2. The Morgan fingerprint density at radius 1 is 0.829 bits per heavy atom. The van der Waals surface area contributed by atoms with Crippen LogP contribution in [0.1, 0.15) is 36.0 Å². The summed E-state index contributed by atoms with van der Waals surface area (Å²) < 4.78 is 27.7. The molecular formula is C27H29N5O2S. The van der Waals surface area contributed by atoms with E-state index in [-0.39, 0.29) is 4.90 Å². The van der Waals surface area contributed by atoms with Crippen LogP contribution in [0.4, 0.5) is 11.6 Å². The van der Waals surface area contributed by atoms with Crippen LogP contribution in [0.5, 0.6) is 0 Å². The first-order valence-electron chi connectivity index (χ1n) is 11.9. The summed E-state index contributed by atoms with van der Waals surface area (Å²) in [5.41, 5.74) is 7.80. The van der Waals surface area contributed by atoms with Crippen LogP contribution in [0.25, 0.3) is 22.2 Å². The molecule has 0 bridgehead atoms. The first-order valence-corrected chi connectivity index (χ1v) is 13.4. The lowest BCUT2D eigenvalue weighted by Crippen LogP contribution is -2.35. The summed E-state index contributed by atoms with van der Waals surface area (Å²) >= 11 is 0. The van der Waals surface area contributed by atoms with E-state index >= 15 is 0 Å². The third-order valence-electron chi connectivity index (χ3n) is 6.56. The third-order valence-corrected chi connectivity index (χ3v) is 8.46. The van der Waals surface area contributed by atoms with Crippen molar-refractivity contribution in [3.05, 3.63) is 71.3 Å². The largest absolute Gasteiger partial charge is 0.323 e. The van der Waals surface area contributed by atoms with E-state index in [0.29, 0.717) is 24.7 Å². The summed E-state index contributed by atoms with van der Waals surface area (Å²) in [6.07, 6.45) is 2.88. The fourth-order valence-electron chi connectivity index (χ4n) is 4.80. The van der Waals surface area contributed by atoms with Crippen molar-refractivity contribution in [2.24, 2.45) is 0 Å². The first kappa shape index (κ1) is 23.4. The lowest BCUT2D eigenvalue weighted by Gasteiger charge is -2.26. The van der Waals surface area contributed by atoms with Gasteiger partial charge in [0.1, 0.15) is 5.52 Å². The Morgan fingerprint density at radius 2 is 1.54 bits per heavy atom. The van der Waals surface area contributed by atoms with Crippen LogP contribution in [-0.4, -0.2) is 41.0 Å². The van der Waals surface area contributed by atoms with Gasteiger partial charge in [-0.05, 0) is 91.8 Å². The minimum Gasteiger partial charge on any atom is -0.323 e. The summed E-state index contributed by atoms with van der Waals surface area (Å²) in [5.74, 6) is 0.327. The van der Waals surface area contributed by atoms with E-state index in [4.69, 9.17) is 0 Å². The zero-order valence-electron chi connectivity index (χ0n) is 20.2. The Bertz CT molecular complexity index is 1490. The first-order chi connectivity index (χ1) is 16.8. The molecule has 7 nitrogen and oxygen atoms in total. The summed E-state index contributed by atoms with van der Waals surface area (Å²) in [6.45, 7) is 7.38. The van der Waals surface area contributed by atoms with Gasteiger partial charge in [-0.3, -0.25) is 0 Å². The maximum atomic E-state index is 13.1. The van der Waals surface area contributed by atoms with E-state index in [1.165, 1.54) is 16.7 Å². The van der Waals surface area contributed by atoms with Crippen LogP contribution >= 0.6 is 0 Å². The number of aryl methyl sites for hydroxylation is 3. The van der Waals surface area contributed by atoms with Crippen molar-refractivity contribution >= 4 is 32.7 Å². The predicted molar refractivity (Wildman–Crippen MR) is 139 cm³/mol. The van der Waals surface area contributed by atoms with Gasteiger partial charge in [-0.2, -0.15) is 4.31 Å². The second-order valence-corrected chi connectivity index (χ2v) is 11.1. The fraction of sp³-hybridized carbons (Fsp3) is 0.296. The molecule has 1 N–H and O–H groups in total. The van der Waals surface area contributed by atoms with Crippen molar-refractivity contribution in [2.75, 3.05) is 18.4 Å². The second kappa shape index (κ2) is 9.36. The molecule has 0 radical (unpaired) electrons. The van der Waals surface area contributed by atoms with E-state index < -0.39 is 10.0 Å². The van der Waals surface area contributed by atoms with Crippen molar-refractivity contribution in [3.8, 4) is 11.1 Å². The molecule has 1 aliphatic rings. The number of piperidine rings is 1. The lowest BCUT2D eigenvalue weighted by molar-refractivity contribution is 0.346. The highest BCUT2D eigenvalue weighted by Gasteiger charge is 2.26. The minimum absolute atomic E-state index is 0.271. The van der Waals surface area contributed by atoms with Gasteiger partial charge in [-0.15, -0.1) is 10.2 Å². The molecule has 2 heterocycles. The molecule has 35 heavy (non-hydrogen) atoms. The predicted octanol–water partition coefficient (Wildman–Crippen LogP) is 5.54. The van der Waals surface area contributed by atoms with Crippen molar-refractivity contribution in [1.29, 1.82) is 0 Å². The van der Waals surface area contributed by atoms with Crippen molar-refractivity contribution in [1.82, 2.24) is 19.5 Å². The maximum absolute atomic E-state index is 13.1. The molecule has 0 spiro atoms. The quantitative estimate of drug-likeness (QED) is 0.398. The number of hydrogen-bond acceptors (Lipinski definition) is 6. The molecule has 1 saturated heterocycles. The van der Waals surface area contributed by atoms with E-state index in [0.717, 1.165) is 41.4 Å². The van der Waals surface area contributed by atoms with Crippen LogP contribution in [0.15, 0.2) is 59.5 Å². The van der Waals surface area contributed by atoms with E-state index in [2.05, 4.69) is 58.6 Å². The van der Waals surface area contributed by atoms with Gasteiger partial charge in [0.2, 0.25) is 16.0 Å². The van der Waals surface area contributed by atoms with E-state index in [9.17, 15) is 8.42 Å². The molecule has 0 amide bonds. The lowest BCUT2D eigenvalue weighted by atomic mass is 9.94. The molecule has 0 atom stereocenters. The Morgan fingerprint density at radius 3 is 2.29 bits per heavy atom. The number of sulfonamides is 1. The number of anilines is 2. The number of nitrogens with zero attached hydrogens (tertiary/aromatic N) is 4. The zero-order valence-corrected chi connectivity index (χ0v) is 21.1. The number of fused-ring (bicyclic) bond motifs is 1. The van der Waals surface area contributed by atoms with Crippen LogP contribution in [0.3, 0.4) is 0 Å². The molecular weight excluding hydrogens is 458 g/mol. The van der Waals surface area contributed by atoms with Gasteiger partial charge in [0.15, 0.2) is 0 Å². The number of aromatic nitrogens is 3. The normalized spacial score (nSPS) is 14.8. The molecule has 5 rings (SSSR count). The van der Waals surface area contributed by atoms with Crippen LogP contribution in [0.2, 0.25) is 0 Å². The molecule has 1 aliphatic heterocycles. The average molecular weight is 488 g/mol. The number of hydrogen-bond donors (Lipinski definition) is 1. The monoisotopic (exact) mass is 487 g/mol. The fourth-order valence-corrected chi connectivity index (χ4v) is 6.36. The number of nitrogens with one attached hydrogen (secondary N) is 1. The Balaban J connectivity index is 1.45. The average Bonchev–Trinajstić information content (AvgIpc) is 2.85. The Kier molecular flexibility index (Phi) is 6.25. The SMILES string of the molecule is Cc1cccc(C)c1-c1cc(C)c2nc(Nc3cccc(S(=O)(=O)N4CCCCC4)c3)nnc2c1. The summed E-state index contributed by atoms with van der Waals surface area (Å²) in [7, 11) is -3.52. The standard InChI is InChI=1S/C27H29N5O2S/c1-18-9-7-10-19(2)25(18)21-15-20(3)26-24(16-21)30-31-27(29-26)28-22-11-8-12-23(17-22)35(33,34)32-13-5-4-6-14-32/h7-12,15-17H,4-6,13-14H2,1-3H3,(H,28,29,31). The molecule has 180 valence electrons. The Hall–Kier alpha value is -3.36. The van der Waals surface area contributed by atoms with Gasteiger partial charge in [0, 0.05) is 18.8 Å². The molecule has 0 unspecified atom stereocenters. The van der Waals surface area contributed by atoms with Crippen molar-refractivity contribution < 1.29 is 8.42 Å². The highest BCUT2D eigenvalue weighted by Crippen LogP contribution is 2.31. The summed E-state index contributed by atoms with van der Waals surface area (Å²) in [5, 5.41) is 11.8. The molecule has 1 aromatic heterocycles. The van der Waals surface area contributed by atoms with Gasteiger partial charge in [-0.25, -0.2) is 13.4 Å². The minimum atomic E-state index is -3.52. The number of rotatable bonds is 5. The van der Waals surface area contributed by atoms with Gasteiger partial charge in [0.05, 0.1) is 10.4 Å². The molecule has 4 aromatic rings. The smallest absolute Gasteiger partial charge is 0.247 e. The van der Waals surface area contributed by atoms with Crippen molar-refractivity contribution in [3.63, 3.8) is 0 Å². The third kappa shape index (κ3) is 4.63. The topological polar surface area (TPSA) is 88.1 Å². The van der Waals surface area contributed by atoms with Gasteiger partial charge in [0.25, 0.3) is 0 Å². The molecule has 1 fully saturated rings. The zero-order chi connectivity index (χ0) is 24.6. The van der Waals surface area contributed by atoms with Crippen LogP contribution in [-0.2, 0) is 10.0 Å².